The molecule has 0 aliphatic carbocycles. The second-order valence-corrected chi connectivity index (χ2v) is 7.73. The summed E-state index contributed by atoms with van der Waals surface area (Å²) in [5.41, 5.74) is 10.8. The smallest absolute Gasteiger partial charge is 0.298 e. The number of aromatic nitrogens is 1. The Bertz CT molecular complexity index is 1140. The summed E-state index contributed by atoms with van der Waals surface area (Å²) in [6.07, 6.45) is 0.841. The Labute approximate surface area is 188 Å². The number of methoxy groups -OCH3 is 1. The van der Waals surface area contributed by atoms with E-state index in [0.29, 0.717) is 31.5 Å². The van der Waals surface area contributed by atoms with Gasteiger partial charge in [0.25, 0.3) is 6.01 Å². The van der Waals surface area contributed by atoms with Crippen molar-refractivity contribution >= 4 is 17.1 Å². The highest BCUT2D eigenvalue weighted by molar-refractivity contribution is 5.74. The van der Waals surface area contributed by atoms with Crippen LogP contribution in [0, 0.1) is 6.92 Å². The van der Waals surface area contributed by atoms with Gasteiger partial charge >= 0.3 is 0 Å². The third-order valence-electron chi connectivity index (χ3n) is 5.43. The monoisotopic (exact) mass is 431 g/mol. The van der Waals surface area contributed by atoms with E-state index < -0.39 is 0 Å². The van der Waals surface area contributed by atoms with Crippen molar-refractivity contribution in [3.05, 3.63) is 83.4 Å². The summed E-state index contributed by atoms with van der Waals surface area (Å²) in [5.74, 6) is 1.42. The van der Waals surface area contributed by atoms with E-state index in [4.69, 9.17) is 19.6 Å². The summed E-state index contributed by atoms with van der Waals surface area (Å²) in [4.78, 5) is 6.76. The van der Waals surface area contributed by atoms with Gasteiger partial charge in [-0.05, 0) is 60.8 Å². The first-order chi connectivity index (χ1) is 15.7. The van der Waals surface area contributed by atoms with Crippen LogP contribution in [0.4, 0.5) is 6.01 Å². The molecule has 2 N–H and O–H groups in total. The first-order valence-corrected chi connectivity index (χ1v) is 10.8. The zero-order valence-electron chi connectivity index (χ0n) is 18.6. The number of para-hydroxylation sites is 2. The van der Waals surface area contributed by atoms with Crippen LogP contribution >= 0.6 is 0 Å². The zero-order chi connectivity index (χ0) is 22.3. The first kappa shape index (κ1) is 21.7. The van der Waals surface area contributed by atoms with E-state index in [9.17, 15) is 0 Å². The molecule has 1 heterocycles. The number of hydrogen-bond acceptors (Lipinski definition) is 6. The molecule has 0 amide bonds. The number of benzene rings is 3. The van der Waals surface area contributed by atoms with Crippen molar-refractivity contribution in [2.24, 2.45) is 5.73 Å². The maximum Gasteiger partial charge on any atom is 0.298 e. The second-order valence-electron chi connectivity index (χ2n) is 7.73. The molecule has 6 nitrogen and oxygen atoms in total. The van der Waals surface area contributed by atoms with E-state index in [1.807, 2.05) is 54.6 Å². The predicted molar refractivity (Wildman–Crippen MR) is 127 cm³/mol. The van der Waals surface area contributed by atoms with Crippen molar-refractivity contribution in [3.8, 4) is 11.5 Å². The molecule has 0 unspecified atom stereocenters. The molecule has 0 atom stereocenters. The highest BCUT2D eigenvalue weighted by atomic mass is 16.5. The minimum Gasteiger partial charge on any atom is -0.493 e. The summed E-state index contributed by atoms with van der Waals surface area (Å²) in [6.45, 7) is 4.55. The van der Waals surface area contributed by atoms with Crippen molar-refractivity contribution in [1.82, 2.24) is 4.98 Å². The van der Waals surface area contributed by atoms with Gasteiger partial charge in [0.2, 0.25) is 0 Å². The summed E-state index contributed by atoms with van der Waals surface area (Å²) >= 11 is 0. The van der Waals surface area contributed by atoms with Gasteiger partial charge in [0.1, 0.15) is 12.1 Å². The second kappa shape index (κ2) is 10.2. The first-order valence-electron chi connectivity index (χ1n) is 10.8. The Balaban J connectivity index is 1.52. The lowest BCUT2D eigenvalue weighted by atomic mass is 10.1. The van der Waals surface area contributed by atoms with Crippen LogP contribution in [-0.4, -0.2) is 25.2 Å². The predicted octanol–water partition coefficient (Wildman–Crippen LogP) is 5.08. The lowest BCUT2D eigenvalue weighted by Crippen LogP contribution is -2.26. The van der Waals surface area contributed by atoms with Gasteiger partial charge in [-0.15, -0.1) is 0 Å². The van der Waals surface area contributed by atoms with Crippen molar-refractivity contribution in [1.29, 1.82) is 0 Å². The SMILES string of the molecule is COc1cc(CN(CCCN)c2nc3ccccc3o2)ccc1OCc1ccccc1C. The molecule has 4 aromatic rings. The number of anilines is 1. The fraction of sp³-hybridized carbons (Fsp3) is 0.269. The van der Waals surface area contributed by atoms with Crippen LogP contribution in [0.1, 0.15) is 23.1 Å². The summed E-state index contributed by atoms with van der Waals surface area (Å²) < 4.78 is 17.7. The molecule has 4 rings (SSSR count). The average Bonchev–Trinajstić information content (AvgIpc) is 3.26. The Morgan fingerprint density at radius 3 is 2.59 bits per heavy atom. The number of fused-ring (bicyclic) bond motifs is 1. The summed E-state index contributed by atoms with van der Waals surface area (Å²) in [5, 5.41) is 0. The van der Waals surface area contributed by atoms with Gasteiger partial charge in [-0.2, -0.15) is 4.98 Å². The number of aryl methyl sites for hydroxylation is 1. The van der Waals surface area contributed by atoms with Crippen LogP contribution in [-0.2, 0) is 13.2 Å². The molecule has 0 aliphatic rings. The minimum atomic E-state index is 0.494. The molecule has 0 bridgehead atoms. The van der Waals surface area contributed by atoms with E-state index in [2.05, 4.69) is 28.9 Å². The fourth-order valence-electron chi connectivity index (χ4n) is 3.60. The fourth-order valence-corrected chi connectivity index (χ4v) is 3.60. The number of nitrogens with two attached hydrogens (primary N) is 1. The highest BCUT2D eigenvalue weighted by Gasteiger charge is 2.16. The van der Waals surface area contributed by atoms with Crippen LogP contribution < -0.4 is 20.1 Å². The zero-order valence-corrected chi connectivity index (χ0v) is 18.6. The minimum absolute atomic E-state index is 0.494. The molecule has 0 aliphatic heterocycles. The number of hydrogen-bond donors (Lipinski definition) is 1. The number of ether oxygens (including phenoxy) is 2. The molecule has 0 fully saturated rings. The number of rotatable bonds is 10. The maximum atomic E-state index is 6.06. The van der Waals surface area contributed by atoms with E-state index in [1.54, 1.807) is 7.11 Å². The van der Waals surface area contributed by atoms with E-state index in [-0.39, 0.29) is 0 Å². The Morgan fingerprint density at radius 1 is 1.00 bits per heavy atom. The Morgan fingerprint density at radius 2 is 1.81 bits per heavy atom. The summed E-state index contributed by atoms with van der Waals surface area (Å²) in [6, 6.07) is 22.6. The highest BCUT2D eigenvalue weighted by Crippen LogP contribution is 2.31. The molecule has 0 saturated carbocycles. The normalized spacial score (nSPS) is 11.0. The number of oxazole rings is 1. The van der Waals surface area contributed by atoms with Crippen LogP contribution in [0.5, 0.6) is 11.5 Å². The van der Waals surface area contributed by atoms with Crippen molar-refractivity contribution < 1.29 is 13.9 Å². The largest absolute Gasteiger partial charge is 0.493 e. The molecular formula is C26H29N3O3. The van der Waals surface area contributed by atoms with Crippen LogP contribution in [0.15, 0.2) is 71.1 Å². The lowest BCUT2D eigenvalue weighted by Gasteiger charge is -2.21. The van der Waals surface area contributed by atoms with E-state index in [0.717, 1.165) is 40.9 Å². The third-order valence-corrected chi connectivity index (χ3v) is 5.43. The maximum absolute atomic E-state index is 6.06. The van der Waals surface area contributed by atoms with Gasteiger partial charge in [-0.3, -0.25) is 0 Å². The van der Waals surface area contributed by atoms with Gasteiger partial charge in [0.05, 0.1) is 7.11 Å². The number of nitrogens with zero attached hydrogens (tertiary/aromatic N) is 2. The molecule has 0 saturated heterocycles. The van der Waals surface area contributed by atoms with Crippen LogP contribution in [0.3, 0.4) is 0 Å². The molecule has 6 heteroatoms. The molecule has 3 aromatic carbocycles. The van der Waals surface area contributed by atoms with Gasteiger partial charge in [0, 0.05) is 13.1 Å². The molecule has 166 valence electrons. The van der Waals surface area contributed by atoms with E-state index in [1.165, 1.54) is 5.56 Å². The Hall–Kier alpha value is -3.51. The molecular weight excluding hydrogens is 402 g/mol. The van der Waals surface area contributed by atoms with Gasteiger partial charge in [-0.25, -0.2) is 0 Å². The van der Waals surface area contributed by atoms with Crippen LogP contribution in [0.2, 0.25) is 0 Å². The molecule has 0 radical (unpaired) electrons. The Kier molecular flexibility index (Phi) is 6.92. The van der Waals surface area contributed by atoms with Crippen molar-refractivity contribution in [2.45, 2.75) is 26.5 Å². The van der Waals surface area contributed by atoms with Gasteiger partial charge < -0.3 is 24.5 Å². The van der Waals surface area contributed by atoms with Gasteiger partial charge in [0.15, 0.2) is 17.1 Å². The standard InChI is InChI=1S/C26H29N3O3/c1-19-8-3-4-9-21(19)18-31-24-13-12-20(16-25(24)30-2)17-29(15-7-14-27)26-28-22-10-5-6-11-23(22)32-26/h3-6,8-13,16H,7,14-15,17-18,27H2,1-2H3. The lowest BCUT2D eigenvalue weighted by molar-refractivity contribution is 0.283. The third kappa shape index (κ3) is 5.03. The average molecular weight is 432 g/mol. The van der Waals surface area contributed by atoms with Crippen molar-refractivity contribution in [2.75, 3.05) is 25.1 Å². The van der Waals surface area contributed by atoms with E-state index >= 15 is 0 Å². The molecule has 32 heavy (non-hydrogen) atoms. The molecule has 0 spiro atoms. The topological polar surface area (TPSA) is 73.8 Å². The van der Waals surface area contributed by atoms with Crippen molar-refractivity contribution in [3.63, 3.8) is 0 Å². The quantitative estimate of drug-likeness (QED) is 0.377. The van der Waals surface area contributed by atoms with Gasteiger partial charge in [-0.1, -0.05) is 42.5 Å². The molecule has 1 aromatic heterocycles. The van der Waals surface area contributed by atoms with Crippen LogP contribution in [0.25, 0.3) is 11.1 Å². The summed E-state index contributed by atoms with van der Waals surface area (Å²) in [7, 11) is 1.66.